The first-order chi connectivity index (χ1) is 15.3. The average Bonchev–Trinajstić information content (AvgIpc) is 3.27. The highest BCUT2D eigenvalue weighted by Gasteiger charge is 2.53. The standard InChI is InChI=1S/C25H45N3O4/c1-17(24(31)26-12-15-28-13-5-6-14-28)19-7-10-25(3)11-8-20(18(2)22(25)23(19)30)27-21(29)9-16-32-4/h17-20,22-23,30H,5-16H2,1-4H3,(H,26,31)(H,27,29)/t17-,18+,19?,20-,22+,23-,25-/m0/s1. The molecule has 3 N–H and O–H groups in total. The predicted molar refractivity (Wildman–Crippen MR) is 125 cm³/mol. The molecule has 7 nitrogen and oxygen atoms in total. The molecule has 2 aliphatic carbocycles. The number of rotatable bonds is 9. The summed E-state index contributed by atoms with van der Waals surface area (Å²) in [5.74, 6) is 0.0814. The number of aliphatic hydroxyl groups excluding tert-OH is 1. The van der Waals surface area contributed by atoms with Crippen LogP contribution in [0.2, 0.25) is 0 Å². The Morgan fingerprint density at radius 2 is 1.91 bits per heavy atom. The summed E-state index contributed by atoms with van der Waals surface area (Å²) in [6, 6.07) is 0.0652. The van der Waals surface area contributed by atoms with Gasteiger partial charge in [0, 0.05) is 38.6 Å². The lowest BCUT2D eigenvalue weighted by atomic mass is 9.51. The van der Waals surface area contributed by atoms with Crippen molar-refractivity contribution in [3.05, 3.63) is 0 Å². The van der Waals surface area contributed by atoms with Crippen molar-refractivity contribution in [3.8, 4) is 0 Å². The van der Waals surface area contributed by atoms with Gasteiger partial charge in [-0.05, 0) is 74.8 Å². The van der Waals surface area contributed by atoms with E-state index in [1.807, 2.05) is 6.92 Å². The molecule has 0 aromatic carbocycles. The van der Waals surface area contributed by atoms with Gasteiger partial charge in [-0.2, -0.15) is 0 Å². The summed E-state index contributed by atoms with van der Waals surface area (Å²) in [5, 5.41) is 17.8. The van der Waals surface area contributed by atoms with Crippen LogP contribution in [-0.2, 0) is 14.3 Å². The van der Waals surface area contributed by atoms with E-state index in [2.05, 4.69) is 29.4 Å². The zero-order chi connectivity index (χ0) is 23.3. The van der Waals surface area contributed by atoms with Crippen molar-refractivity contribution in [3.63, 3.8) is 0 Å². The van der Waals surface area contributed by atoms with E-state index in [9.17, 15) is 14.7 Å². The predicted octanol–water partition coefficient (Wildman–Crippen LogP) is 2.18. The number of methoxy groups -OCH3 is 1. The number of amides is 2. The Labute approximate surface area is 194 Å². The Morgan fingerprint density at radius 3 is 2.59 bits per heavy atom. The zero-order valence-corrected chi connectivity index (χ0v) is 20.6. The molecule has 2 saturated carbocycles. The number of aliphatic hydroxyl groups is 1. The smallest absolute Gasteiger partial charge is 0.223 e. The van der Waals surface area contributed by atoms with Crippen LogP contribution < -0.4 is 10.6 Å². The van der Waals surface area contributed by atoms with Crippen molar-refractivity contribution in [1.29, 1.82) is 0 Å². The largest absolute Gasteiger partial charge is 0.392 e. The molecule has 32 heavy (non-hydrogen) atoms. The van der Waals surface area contributed by atoms with E-state index in [4.69, 9.17) is 4.74 Å². The lowest BCUT2D eigenvalue weighted by Gasteiger charge is -2.56. The van der Waals surface area contributed by atoms with Gasteiger partial charge < -0.3 is 25.4 Å². The molecule has 3 rings (SSSR count). The summed E-state index contributed by atoms with van der Waals surface area (Å²) in [4.78, 5) is 27.6. The summed E-state index contributed by atoms with van der Waals surface area (Å²) >= 11 is 0. The minimum absolute atomic E-state index is 0.0138. The van der Waals surface area contributed by atoms with Crippen LogP contribution in [0.25, 0.3) is 0 Å². The molecule has 1 aliphatic heterocycles. The van der Waals surface area contributed by atoms with Crippen LogP contribution in [0.3, 0.4) is 0 Å². The minimum Gasteiger partial charge on any atom is -0.392 e. The molecule has 1 saturated heterocycles. The molecule has 3 aliphatic rings. The van der Waals surface area contributed by atoms with Gasteiger partial charge in [-0.3, -0.25) is 9.59 Å². The number of likely N-dealkylation sites (tertiary alicyclic amines) is 1. The lowest BCUT2D eigenvalue weighted by Crippen LogP contribution is -2.58. The van der Waals surface area contributed by atoms with Crippen molar-refractivity contribution in [2.75, 3.05) is 39.9 Å². The van der Waals surface area contributed by atoms with Crippen molar-refractivity contribution < 1.29 is 19.4 Å². The summed E-state index contributed by atoms with van der Waals surface area (Å²) in [6.45, 7) is 10.7. The summed E-state index contributed by atoms with van der Waals surface area (Å²) in [5.41, 5.74) is 0.0645. The highest BCUT2D eigenvalue weighted by atomic mass is 16.5. The molecule has 0 radical (unpaired) electrons. The van der Waals surface area contributed by atoms with Gasteiger partial charge in [-0.25, -0.2) is 0 Å². The zero-order valence-electron chi connectivity index (χ0n) is 20.6. The van der Waals surface area contributed by atoms with E-state index in [1.165, 1.54) is 12.8 Å². The third kappa shape index (κ3) is 5.84. The molecule has 2 amide bonds. The minimum atomic E-state index is -0.526. The van der Waals surface area contributed by atoms with E-state index in [0.29, 0.717) is 19.6 Å². The number of hydrogen-bond acceptors (Lipinski definition) is 5. The van der Waals surface area contributed by atoms with E-state index in [1.54, 1.807) is 7.11 Å². The fraction of sp³-hybridized carbons (Fsp3) is 0.920. The fourth-order valence-corrected chi connectivity index (χ4v) is 6.67. The van der Waals surface area contributed by atoms with E-state index in [-0.39, 0.29) is 46.9 Å². The first-order valence-corrected chi connectivity index (χ1v) is 12.7. The SMILES string of the molecule is COCCC(=O)N[C@H]1CC[C@]2(C)CCC([C@H](C)C(=O)NCCN3CCCC3)[C@H](O)[C@H]2[C@@H]1C. The highest BCUT2D eigenvalue weighted by Crippen LogP contribution is 2.55. The third-order valence-corrected chi connectivity index (χ3v) is 8.75. The van der Waals surface area contributed by atoms with Gasteiger partial charge in [0.15, 0.2) is 0 Å². The van der Waals surface area contributed by atoms with Crippen LogP contribution in [0, 0.1) is 29.1 Å². The van der Waals surface area contributed by atoms with Crippen molar-refractivity contribution in [2.24, 2.45) is 29.1 Å². The van der Waals surface area contributed by atoms with Crippen molar-refractivity contribution in [1.82, 2.24) is 15.5 Å². The molecule has 7 atom stereocenters. The van der Waals surface area contributed by atoms with Crippen LogP contribution in [0.15, 0.2) is 0 Å². The number of carbonyl (C=O) groups is 2. The monoisotopic (exact) mass is 451 g/mol. The molecule has 0 bridgehead atoms. The van der Waals surface area contributed by atoms with E-state index < -0.39 is 6.10 Å². The number of nitrogens with one attached hydrogen (secondary N) is 2. The summed E-state index contributed by atoms with van der Waals surface area (Å²) < 4.78 is 5.03. The van der Waals surface area contributed by atoms with Crippen LogP contribution in [0.1, 0.15) is 65.7 Å². The van der Waals surface area contributed by atoms with E-state index in [0.717, 1.165) is 45.3 Å². The second-order valence-electron chi connectivity index (χ2n) is 10.8. The average molecular weight is 452 g/mol. The van der Waals surface area contributed by atoms with Gasteiger partial charge in [0.05, 0.1) is 12.7 Å². The maximum Gasteiger partial charge on any atom is 0.223 e. The first kappa shape index (κ1) is 25.4. The normalized spacial score (nSPS) is 36.3. The summed E-state index contributed by atoms with van der Waals surface area (Å²) in [7, 11) is 1.60. The Morgan fingerprint density at radius 1 is 1.22 bits per heavy atom. The van der Waals surface area contributed by atoms with Gasteiger partial charge in [0.1, 0.15) is 0 Å². The maximum atomic E-state index is 12.9. The molecule has 3 fully saturated rings. The number of ether oxygens (including phenoxy) is 1. The molecule has 0 aromatic rings. The third-order valence-electron chi connectivity index (χ3n) is 8.75. The molecule has 0 spiro atoms. The van der Waals surface area contributed by atoms with Gasteiger partial charge in [-0.1, -0.05) is 20.8 Å². The molecular formula is C25H45N3O4. The quantitative estimate of drug-likeness (QED) is 0.500. The van der Waals surface area contributed by atoms with Crippen LogP contribution in [-0.4, -0.2) is 73.9 Å². The van der Waals surface area contributed by atoms with E-state index >= 15 is 0 Å². The molecule has 1 heterocycles. The van der Waals surface area contributed by atoms with Crippen LogP contribution >= 0.6 is 0 Å². The van der Waals surface area contributed by atoms with Crippen LogP contribution in [0.4, 0.5) is 0 Å². The number of carbonyl (C=O) groups excluding carboxylic acids is 2. The maximum absolute atomic E-state index is 12.9. The first-order valence-electron chi connectivity index (χ1n) is 12.7. The lowest BCUT2D eigenvalue weighted by molar-refractivity contribution is -0.143. The van der Waals surface area contributed by atoms with Gasteiger partial charge in [0.25, 0.3) is 0 Å². The second-order valence-corrected chi connectivity index (χ2v) is 10.8. The van der Waals surface area contributed by atoms with Gasteiger partial charge >= 0.3 is 0 Å². The number of fused-ring (bicyclic) bond motifs is 1. The Hall–Kier alpha value is -1.18. The molecule has 184 valence electrons. The second kappa shape index (κ2) is 11.3. The van der Waals surface area contributed by atoms with Gasteiger partial charge in [0.2, 0.25) is 11.8 Å². The fourth-order valence-electron chi connectivity index (χ4n) is 6.67. The van der Waals surface area contributed by atoms with Crippen LogP contribution in [0.5, 0.6) is 0 Å². The molecule has 7 heteroatoms. The Kier molecular flexibility index (Phi) is 8.98. The highest BCUT2D eigenvalue weighted by molar-refractivity contribution is 5.78. The summed E-state index contributed by atoms with van der Waals surface area (Å²) in [6.07, 6.45) is 6.19. The number of nitrogens with zero attached hydrogens (tertiary/aromatic N) is 1. The topological polar surface area (TPSA) is 90.9 Å². The Balaban J connectivity index is 1.58. The molecular weight excluding hydrogens is 406 g/mol. The van der Waals surface area contributed by atoms with Crippen molar-refractivity contribution in [2.45, 2.75) is 77.9 Å². The molecule has 0 aromatic heterocycles. The van der Waals surface area contributed by atoms with Crippen molar-refractivity contribution >= 4 is 11.8 Å². The van der Waals surface area contributed by atoms with Gasteiger partial charge in [-0.15, -0.1) is 0 Å². The number of hydrogen-bond donors (Lipinski definition) is 3. The Bertz CT molecular complexity index is 639. The molecule has 1 unspecified atom stereocenters.